The molecule has 1 N–H and O–H groups in total. The molecule has 6 nitrogen and oxygen atoms in total. The molecule has 0 saturated carbocycles. The van der Waals surface area contributed by atoms with E-state index >= 15 is 0 Å². The maximum absolute atomic E-state index is 11.4. The van der Waals surface area contributed by atoms with Crippen LogP contribution in [0.3, 0.4) is 0 Å². The van der Waals surface area contributed by atoms with Crippen LogP contribution in [-0.2, 0) is 24.2 Å². The number of carboxylic acids is 1. The topological polar surface area (TPSA) is 97.7 Å². The smallest absolute Gasteiger partial charge is 0.309 e. The molecule has 7 heteroatoms. The van der Waals surface area contributed by atoms with Crippen molar-refractivity contribution in [1.29, 1.82) is 0 Å². The van der Waals surface area contributed by atoms with Gasteiger partial charge in [0, 0.05) is 0 Å². The predicted molar refractivity (Wildman–Crippen MR) is 54.5 cm³/mol. The highest BCUT2D eigenvalue weighted by Gasteiger charge is 2.38. The van der Waals surface area contributed by atoms with E-state index in [0.717, 1.165) is 0 Å². The predicted octanol–water partition coefficient (Wildman–Crippen LogP) is -0.315. The Morgan fingerprint density at radius 1 is 1.19 bits per heavy atom. The van der Waals surface area contributed by atoms with Crippen LogP contribution >= 0.6 is 0 Å². The van der Waals surface area contributed by atoms with Gasteiger partial charge in [-0.3, -0.25) is 9.59 Å². The number of carboxylic acid groups (broad SMARTS) is 1. The molecule has 0 aromatic heterocycles. The highest BCUT2D eigenvalue weighted by molar-refractivity contribution is 7.91. The molecule has 0 aromatic carbocycles. The first-order chi connectivity index (χ1) is 7.37. The average Bonchev–Trinajstić information content (AvgIpc) is 2.35. The molecular weight excluding hydrogens is 236 g/mol. The van der Waals surface area contributed by atoms with Crippen LogP contribution in [0.4, 0.5) is 0 Å². The molecule has 1 fully saturated rings. The van der Waals surface area contributed by atoms with E-state index in [1.54, 1.807) is 0 Å². The Hall–Kier alpha value is -1.11. The van der Waals surface area contributed by atoms with Crippen molar-refractivity contribution < 1.29 is 27.9 Å². The van der Waals surface area contributed by atoms with Crippen molar-refractivity contribution in [2.45, 2.75) is 12.8 Å². The van der Waals surface area contributed by atoms with Gasteiger partial charge < -0.3 is 9.84 Å². The van der Waals surface area contributed by atoms with Gasteiger partial charge in [0.15, 0.2) is 0 Å². The Bertz CT molecular complexity index is 385. The molecule has 2 atom stereocenters. The van der Waals surface area contributed by atoms with Crippen LogP contribution in [0, 0.1) is 11.8 Å². The summed E-state index contributed by atoms with van der Waals surface area (Å²) in [5, 5.41) is 8.95. The quantitative estimate of drug-likeness (QED) is 0.675. The standard InChI is InChI=1S/C9H14O6S/c1-15-9(12)7-3-5-16(13,14)4-2-6(7)8(10)11/h6-7H,2-5H2,1H3,(H,10,11)/t6-,7-/m1/s1. The Labute approximate surface area is 93.5 Å². The zero-order valence-electron chi connectivity index (χ0n) is 8.88. The zero-order valence-corrected chi connectivity index (χ0v) is 9.70. The minimum absolute atomic E-state index is 0.0198. The molecule has 1 aliphatic heterocycles. The van der Waals surface area contributed by atoms with Crippen molar-refractivity contribution in [3.8, 4) is 0 Å². The first kappa shape index (κ1) is 13.0. The lowest BCUT2D eigenvalue weighted by Crippen LogP contribution is -2.30. The summed E-state index contributed by atoms with van der Waals surface area (Å²) in [4.78, 5) is 22.3. The maximum Gasteiger partial charge on any atom is 0.309 e. The summed E-state index contributed by atoms with van der Waals surface area (Å²) in [5.41, 5.74) is 0. The van der Waals surface area contributed by atoms with Crippen LogP contribution in [0.25, 0.3) is 0 Å². The Morgan fingerprint density at radius 3 is 2.12 bits per heavy atom. The number of carbonyl (C=O) groups is 2. The molecule has 1 rings (SSSR count). The van der Waals surface area contributed by atoms with Crippen LogP contribution < -0.4 is 0 Å². The minimum Gasteiger partial charge on any atom is -0.481 e. The van der Waals surface area contributed by atoms with Gasteiger partial charge in [-0.15, -0.1) is 0 Å². The zero-order chi connectivity index (χ0) is 12.3. The number of methoxy groups -OCH3 is 1. The molecule has 0 aliphatic carbocycles. The van der Waals surface area contributed by atoms with Crippen LogP contribution in [-0.4, -0.2) is 44.1 Å². The summed E-state index contributed by atoms with van der Waals surface area (Å²) < 4.78 is 27.2. The van der Waals surface area contributed by atoms with Crippen LogP contribution in [0.5, 0.6) is 0 Å². The number of aliphatic carboxylic acids is 1. The SMILES string of the molecule is COC(=O)[C@@H]1CCS(=O)(=O)CC[C@H]1C(=O)O. The first-order valence-corrected chi connectivity index (χ1v) is 6.70. The van der Waals surface area contributed by atoms with Gasteiger partial charge in [-0.1, -0.05) is 0 Å². The van der Waals surface area contributed by atoms with Crippen LogP contribution in [0.15, 0.2) is 0 Å². The third-order valence-electron chi connectivity index (χ3n) is 2.79. The summed E-state index contributed by atoms with van der Waals surface area (Å²) in [7, 11) is -2.06. The number of ether oxygens (including phenoxy) is 1. The monoisotopic (exact) mass is 250 g/mol. The van der Waals surface area contributed by atoms with Crippen molar-refractivity contribution >= 4 is 21.8 Å². The molecule has 0 unspecified atom stereocenters. The highest BCUT2D eigenvalue weighted by atomic mass is 32.2. The fraction of sp³-hybridized carbons (Fsp3) is 0.778. The number of hydrogen-bond donors (Lipinski definition) is 1. The lowest BCUT2D eigenvalue weighted by Gasteiger charge is -2.17. The summed E-state index contributed by atoms with van der Waals surface area (Å²) in [6, 6.07) is 0. The second-order valence-corrected chi connectivity index (χ2v) is 6.11. The van der Waals surface area contributed by atoms with Crippen molar-refractivity contribution in [2.24, 2.45) is 11.8 Å². The van der Waals surface area contributed by atoms with Crippen LogP contribution in [0.1, 0.15) is 12.8 Å². The highest BCUT2D eigenvalue weighted by Crippen LogP contribution is 2.26. The lowest BCUT2D eigenvalue weighted by atomic mass is 9.88. The van der Waals surface area contributed by atoms with Gasteiger partial charge in [0.05, 0.1) is 30.5 Å². The van der Waals surface area contributed by atoms with Crippen molar-refractivity contribution in [3.63, 3.8) is 0 Å². The number of rotatable bonds is 2. The molecule has 1 heterocycles. The molecule has 1 saturated heterocycles. The molecule has 92 valence electrons. The fourth-order valence-corrected chi connectivity index (χ4v) is 3.28. The van der Waals surface area contributed by atoms with E-state index in [0.29, 0.717) is 0 Å². The van der Waals surface area contributed by atoms with Gasteiger partial charge in [0.2, 0.25) is 0 Å². The average molecular weight is 250 g/mol. The first-order valence-electron chi connectivity index (χ1n) is 4.88. The summed E-state index contributed by atoms with van der Waals surface area (Å²) in [6.45, 7) is 0. The Balaban J connectivity index is 2.94. The van der Waals surface area contributed by atoms with Gasteiger partial charge in [0.1, 0.15) is 9.84 Å². The third-order valence-corrected chi connectivity index (χ3v) is 4.50. The van der Waals surface area contributed by atoms with E-state index in [4.69, 9.17) is 5.11 Å². The van der Waals surface area contributed by atoms with Gasteiger partial charge in [-0.2, -0.15) is 0 Å². The Morgan fingerprint density at radius 2 is 1.69 bits per heavy atom. The van der Waals surface area contributed by atoms with Crippen molar-refractivity contribution in [1.82, 2.24) is 0 Å². The van der Waals surface area contributed by atoms with E-state index in [1.165, 1.54) is 7.11 Å². The molecule has 0 amide bonds. The van der Waals surface area contributed by atoms with Gasteiger partial charge in [-0.05, 0) is 12.8 Å². The van der Waals surface area contributed by atoms with E-state index < -0.39 is 33.6 Å². The second-order valence-electron chi connectivity index (χ2n) is 3.80. The lowest BCUT2D eigenvalue weighted by molar-refractivity contribution is -0.155. The van der Waals surface area contributed by atoms with Gasteiger partial charge in [-0.25, -0.2) is 8.42 Å². The van der Waals surface area contributed by atoms with Crippen LogP contribution in [0.2, 0.25) is 0 Å². The van der Waals surface area contributed by atoms with E-state index in [2.05, 4.69) is 4.74 Å². The van der Waals surface area contributed by atoms with Gasteiger partial charge >= 0.3 is 11.9 Å². The number of hydrogen-bond acceptors (Lipinski definition) is 5. The summed E-state index contributed by atoms with van der Waals surface area (Å²) in [6.07, 6.45) is -0.0105. The fourth-order valence-electron chi connectivity index (χ4n) is 1.85. The summed E-state index contributed by atoms with van der Waals surface area (Å²) >= 11 is 0. The number of sulfone groups is 1. The molecule has 0 radical (unpaired) electrons. The minimum atomic E-state index is -3.23. The molecule has 1 aliphatic rings. The van der Waals surface area contributed by atoms with Crippen molar-refractivity contribution in [3.05, 3.63) is 0 Å². The normalized spacial score (nSPS) is 29.1. The third kappa shape index (κ3) is 2.94. The van der Waals surface area contributed by atoms with E-state index in [1.807, 2.05) is 0 Å². The van der Waals surface area contributed by atoms with E-state index in [9.17, 15) is 18.0 Å². The van der Waals surface area contributed by atoms with Crippen molar-refractivity contribution in [2.75, 3.05) is 18.6 Å². The largest absolute Gasteiger partial charge is 0.481 e. The molecule has 0 bridgehead atoms. The maximum atomic E-state index is 11.4. The van der Waals surface area contributed by atoms with E-state index in [-0.39, 0.29) is 24.3 Å². The molecule has 16 heavy (non-hydrogen) atoms. The summed E-state index contributed by atoms with van der Waals surface area (Å²) in [5.74, 6) is -3.96. The number of carbonyl (C=O) groups excluding carboxylic acids is 1. The molecule has 0 aromatic rings. The molecular formula is C9H14O6S. The Kier molecular flexibility index (Phi) is 3.90. The number of esters is 1. The molecule has 0 spiro atoms. The van der Waals surface area contributed by atoms with Gasteiger partial charge in [0.25, 0.3) is 0 Å². The second kappa shape index (κ2) is 4.82.